The van der Waals surface area contributed by atoms with Gasteiger partial charge >= 0.3 is 0 Å². The van der Waals surface area contributed by atoms with Crippen molar-refractivity contribution in [3.8, 4) is 5.75 Å². The zero-order valence-corrected chi connectivity index (χ0v) is 8.91. The van der Waals surface area contributed by atoms with E-state index in [4.69, 9.17) is 10.2 Å². The fraction of sp³-hybridized carbons (Fsp3) is 0.455. The van der Waals surface area contributed by atoms with Gasteiger partial charge in [0.25, 0.3) is 0 Å². The summed E-state index contributed by atoms with van der Waals surface area (Å²) in [6.07, 6.45) is 0. The normalized spacial score (nSPS) is 10.7. The molecule has 1 aromatic carbocycles. The van der Waals surface area contributed by atoms with Crippen LogP contribution in [0, 0.1) is 13.8 Å². The molecule has 0 aromatic heterocycles. The summed E-state index contributed by atoms with van der Waals surface area (Å²) < 4.78 is 0. The SMILES string of the molecule is Cc1c(CO)c(C)c(CO)c(O)c1CO. The van der Waals surface area contributed by atoms with Crippen LogP contribution in [0.25, 0.3) is 0 Å². The van der Waals surface area contributed by atoms with Crippen molar-refractivity contribution >= 4 is 0 Å². The Hall–Kier alpha value is -1.10. The molecule has 4 heteroatoms. The number of phenols is 1. The topological polar surface area (TPSA) is 80.9 Å². The maximum atomic E-state index is 9.77. The third-order valence-electron chi connectivity index (χ3n) is 2.86. The summed E-state index contributed by atoms with van der Waals surface area (Å²) in [7, 11) is 0. The number of benzene rings is 1. The predicted molar refractivity (Wildman–Crippen MR) is 55.3 cm³/mol. The molecule has 0 aliphatic heterocycles. The molecular weight excluding hydrogens is 196 g/mol. The molecule has 0 unspecified atom stereocenters. The van der Waals surface area contributed by atoms with E-state index in [-0.39, 0.29) is 25.6 Å². The molecule has 0 fully saturated rings. The van der Waals surface area contributed by atoms with Crippen LogP contribution in [0.3, 0.4) is 0 Å². The third-order valence-corrected chi connectivity index (χ3v) is 2.86. The zero-order chi connectivity index (χ0) is 11.6. The van der Waals surface area contributed by atoms with Gasteiger partial charge in [0.05, 0.1) is 19.8 Å². The summed E-state index contributed by atoms with van der Waals surface area (Å²) in [5.41, 5.74) is 2.74. The van der Waals surface area contributed by atoms with Gasteiger partial charge in [-0.15, -0.1) is 0 Å². The van der Waals surface area contributed by atoms with E-state index in [1.165, 1.54) is 0 Å². The second-order valence-corrected chi connectivity index (χ2v) is 3.51. The van der Waals surface area contributed by atoms with Crippen molar-refractivity contribution in [3.05, 3.63) is 27.8 Å². The summed E-state index contributed by atoms with van der Waals surface area (Å²) in [6.45, 7) is 2.67. The van der Waals surface area contributed by atoms with Gasteiger partial charge in [0, 0.05) is 11.1 Å². The first-order chi connectivity index (χ1) is 7.08. The van der Waals surface area contributed by atoms with E-state index in [2.05, 4.69) is 0 Å². The number of hydrogen-bond donors (Lipinski definition) is 4. The lowest BCUT2D eigenvalue weighted by Gasteiger charge is -2.17. The monoisotopic (exact) mass is 212 g/mol. The number of aliphatic hydroxyl groups is 3. The van der Waals surface area contributed by atoms with E-state index < -0.39 is 0 Å². The lowest BCUT2D eigenvalue weighted by molar-refractivity contribution is 0.257. The van der Waals surface area contributed by atoms with Crippen LogP contribution in [-0.2, 0) is 19.8 Å². The molecule has 0 spiro atoms. The van der Waals surface area contributed by atoms with Crippen LogP contribution in [-0.4, -0.2) is 20.4 Å². The first-order valence-electron chi connectivity index (χ1n) is 4.73. The molecule has 4 nitrogen and oxygen atoms in total. The summed E-state index contributed by atoms with van der Waals surface area (Å²) >= 11 is 0. The van der Waals surface area contributed by atoms with Crippen molar-refractivity contribution in [2.24, 2.45) is 0 Å². The molecule has 15 heavy (non-hydrogen) atoms. The lowest BCUT2D eigenvalue weighted by Crippen LogP contribution is -2.04. The van der Waals surface area contributed by atoms with Gasteiger partial charge in [0.2, 0.25) is 0 Å². The highest BCUT2D eigenvalue weighted by molar-refractivity contribution is 5.53. The predicted octanol–water partition coefficient (Wildman–Crippen LogP) is 0.486. The van der Waals surface area contributed by atoms with Crippen LogP contribution in [0.1, 0.15) is 27.8 Å². The van der Waals surface area contributed by atoms with Crippen molar-refractivity contribution in [1.29, 1.82) is 0 Å². The highest BCUT2D eigenvalue weighted by atomic mass is 16.3. The summed E-state index contributed by atoms with van der Waals surface area (Å²) in [4.78, 5) is 0. The van der Waals surface area contributed by atoms with E-state index in [1.54, 1.807) is 13.8 Å². The molecule has 0 aliphatic rings. The molecule has 0 bridgehead atoms. The number of rotatable bonds is 3. The highest BCUT2D eigenvalue weighted by Crippen LogP contribution is 2.32. The quantitative estimate of drug-likeness (QED) is 0.587. The second-order valence-electron chi connectivity index (χ2n) is 3.51. The Bertz CT molecular complexity index is 293. The third kappa shape index (κ3) is 1.84. The van der Waals surface area contributed by atoms with Gasteiger partial charge in [0.15, 0.2) is 0 Å². The fourth-order valence-corrected chi connectivity index (χ4v) is 1.81. The zero-order valence-electron chi connectivity index (χ0n) is 8.91. The molecule has 0 aliphatic carbocycles. The summed E-state index contributed by atoms with van der Waals surface area (Å²) in [5, 5.41) is 37.2. The number of hydrogen-bond acceptors (Lipinski definition) is 4. The van der Waals surface area contributed by atoms with Crippen molar-refractivity contribution in [2.45, 2.75) is 33.7 Å². The van der Waals surface area contributed by atoms with Crippen LogP contribution in [0.5, 0.6) is 5.75 Å². The molecule has 1 rings (SSSR count). The van der Waals surface area contributed by atoms with Gasteiger partial charge < -0.3 is 20.4 Å². The average molecular weight is 212 g/mol. The second kappa shape index (κ2) is 4.61. The molecule has 84 valence electrons. The average Bonchev–Trinajstić information content (AvgIpc) is 2.19. The van der Waals surface area contributed by atoms with E-state index >= 15 is 0 Å². The first kappa shape index (κ1) is 12.0. The largest absolute Gasteiger partial charge is 0.507 e. The van der Waals surface area contributed by atoms with Gasteiger partial charge in [-0.3, -0.25) is 0 Å². The standard InChI is InChI=1S/C11H16O4/c1-6-8(3-12)7(2)10(5-14)11(15)9(6)4-13/h12-15H,3-5H2,1-2H3. The fourth-order valence-electron chi connectivity index (χ4n) is 1.81. The minimum Gasteiger partial charge on any atom is -0.507 e. The maximum Gasteiger partial charge on any atom is 0.127 e. The van der Waals surface area contributed by atoms with Gasteiger partial charge in [-0.2, -0.15) is 0 Å². The molecule has 0 saturated carbocycles. The maximum absolute atomic E-state index is 9.77. The molecule has 4 N–H and O–H groups in total. The first-order valence-corrected chi connectivity index (χ1v) is 4.73. The van der Waals surface area contributed by atoms with Crippen molar-refractivity contribution in [1.82, 2.24) is 0 Å². The van der Waals surface area contributed by atoms with Crippen molar-refractivity contribution < 1.29 is 20.4 Å². The van der Waals surface area contributed by atoms with Crippen LogP contribution >= 0.6 is 0 Å². The summed E-state index contributed by atoms with van der Waals surface area (Å²) in [5.74, 6) is -0.0767. The molecular formula is C11H16O4. The molecule has 1 aromatic rings. The van der Waals surface area contributed by atoms with E-state index in [9.17, 15) is 10.2 Å². The van der Waals surface area contributed by atoms with E-state index in [0.717, 1.165) is 0 Å². The van der Waals surface area contributed by atoms with Crippen molar-refractivity contribution in [3.63, 3.8) is 0 Å². The Morgan fingerprint density at radius 1 is 0.733 bits per heavy atom. The molecule has 0 amide bonds. The Balaban J connectivity index is 3.57. The van der Waals surface area contributed by atoms with Crippen molar-refractivity contribution in [2.75, 3.05) is 0 Å². The number of aliphatic hydroxyl groups excluding tert-OH is 3. The van der Waals surface area contributed by atoms with E-state index in [0.29, 0.717) is 27.8 Å². The van der Waals surface area contributed by atoms with Gasteiger partial charge in [-0.1, -0.05) is 0 Å². The lowest BCUT2D eigenvalue weighted by atomic mass is 9.92. The Labute approximate surface area is 88.4 Å². The van der Waals surface area contributed by atoms with Gasteiger partial charge in [-0.25, -0.2) is 0 Å². The highest BCUT2D eigenvalue weighted by Gasteiger charge is 2.17. The minimum absolute atomic E-state index is 0.0767. The Morgan fingerprint density at radius 2 is 1.07 bits per heavy atom. The van der Waals surface area contributed by atoms with Crippen LogP contribution in [0.4, 0.5) is 0 Å². The van der Waals surface area contributed by atoms with E-state index in [1.807, 2.05) is 0 Å². The van der Waals surface area contributed by atoms with Crippen LogP contribution in [0.15, 0.2) is 0 Å². The molecule has 0 saturated heterocycles. The molecule has 0 heterocycles. The van der Waals surface area contributed by atoms with Crippen LogP contribution < -0.4 is 0 Å². The Kier molecular flexibility index (Phi) is 3.68. The van der Waals surface area contributed by atoms with Gasteiger partial charge in [0.1, 0.15) is 5.75 Å². The molecule has 0 radical (unpaired) electrons. The molecule has 0 atom stereocenters. The smallest absolute Gasteiger partial charge is 0.127 e. The van der Waals surface area contributed by atoms with Crippen LogP contribution in [0.2, 0.25) is 0 Å². The summed E-state index contributed by atoms with van der Waals surface area (Å²) in [6, 6.07) is 0. The number of aromatic hydroxyl groups is 1. The van der Waals surface area contributed by atoms with Gasteiger partial charge in [-0.05, 0) is 30.5 Å². The Morgan fingerprint density at radius 3 is 1.33 bits per heavy atom. The minimum atomic E-state index is -0.308.